The summed E-state index contributed by atoms with van der Waals surface area (Å²) in [5.74, 6) is 0.836. The summed E-state index contributed by atoms with van der Waals surface area (Å²) in [4.78, 5) is 27.1. The molecule has 2 aromatic carbocycles. The van der Waals surface area contributed by atoms with Crippen LogP contribution in [-0.4, -0.2) is 28.2 Å². The van der Waals surface area contributed by atoms with Crippen LogP contribution < -0.4 is 10.1 Å². The number of anilines is 1. The van der Waals surface area contributed by atoms with Gasteiger partial charge < -0.3 is 10.1 Å². The van der Waals surface area contributed by atoms with Gasteiger partial charge in [0, 0.05) is 28.8 Å². The van der Waals surface area contributed by atoms with Gasteiger partial charge in [-0.3, -0.25) is 14.9 Å². The number of non-ortho nitro benzene ring substituents is 1. The van der Waals surface area contributed by atoms with E-state index in [1.54, 1.807) is 36.4 Å². The molecule has 144 valence electrons. The van der Waals surface area contributed by atoms with Crippen molar-refractivity contribution in [1.82, 2.24) is 4.98 Å². The van der Waals surface area contributed by atoms with Crippen molar-refractivity contribution in [2.24, 2.45) is 0 Å². The second kappa shape index (κ2) is 9.34. The van der Waals surface area contributed by atoms with Crippen molar-refractivity contribution in [2.75, 3.05) is 17.7 Å². The minimum Gasteiger partial charge on any atom is -0.494 e. The molecule has 0 aliphatic heterocycles. The van der Waals surface area contributed by atoms with E-state index in [0.717, 1.165) is 10.1 Å². The zero-order valence-electron chi connectivity index (χ0n) is 15.0. The third kappa shape index (κ3) is 5.30. The van der Waals surface area contributed by atoms with Crippen molar-refractivity contribution < 1.29 is 14.5 Å². The number of benzene rings is 2. The first kappa shape index (κ1) is 19.8. The molecule has 0 unspecified atom stereocenters. The molecule has 0 aliphatic carbocycles. The highest BCUT2D eigenvalue weighted by atomic mass is 32.2. The van der Waals surface area contributed by atoms with Gasteiger partial charge in [-0.05, 0) is 31.2 Å². The highest BCUT2D eigenvalue weighted by molar-refractivity contribution is 8.01. The van der Waals surface area contributed by atoms with Crippen LogP contribution in [0.4, 0.5) is 11.4 Å². The van der Waals surface area contributed by atoms with Crippen LogP contribution in [0.2, 0.25) is 0 Å². The lowest BCUT2D eigenvalue weighted by atomic mass is 10.1. The van der Waals surface area contributed by atoms with Gasteiger partial charge >= 0.3 is 0 Å². The Morgan fingerprint density at radius 1 is 1.29 bits per heavy atom. The number of amides is 1. The highest BCUT2D eigenvalue weighted by Gasteiger charge is 2.11. The standard InChI is InChI=1S/C19H17N3O4S2/c1-2-26-16-8-6-14(7-9-16)20-18(23)12-28-19-21-17(11-27-19)13-4-3-5-15(10-13)22(24)25/h3-11H,2,12H2,1H3,(H,20,23). The maximum Gasteiger partial charge on any atom is 0.270 e. The average molecular weight is 415 g/mol. The topological polar surface area (TPSA) is 94.4 Å². The first-order valence-electron chi connectivity index (χ1n) is 8.41. The Bertz CT molecular complexity index is 973. The minimum absolute atomic E-state index is 0.0226. The zero-order valence-corrected chi connectivity index (χ0v) is 16.6. The fourth-order valence-corrected chi connectivity index (χ4v) is 4.00. The number of carbonyl (C=O) groups is 1. The average Bonchev–Trinajstić information content (AvgIpc) is 3.17. The number of ether oxygens (including phenoxy) is 1. The smallest absolute Gasteiger partial charge is 0.270 e. The normalized spacial score (nSPS) is 10.5. The van der Waals surface area contributed by atoms with Crippen molar-refractivity contribution in [3.05, 3.63) is 64.0 Å². The van der Waals surface area contributed by atoms with E-state index in [-0.39, 0.29) is 17.3 Å². The summed E-state index contributed by atoms with van der Waals surface area (Å²) in [6.07, 6.45) is 0. The van der Waals surface area contributed by atoms with Crippen LogP contribution in [-0.2, 0) is 4.79 Å². The summed E-state index contributed by atoms with van der Waals surface area (Å²) in [6, 6.07) is 13.5. The molecule has 3 rings (SSSR count). The summed E-state index contributed by atoms with van der Waals surface area (Å²) in [5.41, 5.74) is 2.05. The lowest BCUT2D eigenvalue weighted by Gasteiger charge is -2.06. The number of nitrogens with one attached hydrogen (secondary N) is 1. The van der Waals surface area contributed by atoms with E-state index < -0.39 is 4.92 Å². The molecule has 1 aromatic heterocycles. The summed E-state index contributed by atoms with van der Waals surface area (Å²) in [7, 11) is 0. The van der Waals surface area contributed by atoms with Crippen molar-refractivity contribution in [3.8, 4) is 17.0 Å². The maximum atomic E-state index is 12.1. The van der Waals surface area contributed by atoms with E-state index in [2.05, 4.69) is 10.3 Å². The van der Waals surface area contributed by atoms with Gasteiger partial charge in [0.05, 0.1) is 23.0 Å². The Balaban J connectivity index is 1.56. The minimum atomic E-state index is -0.434. The van der Waals surface area contributed by atoms with Crippen LogP contribution in [0.15, 0.2) is 58.3 Å². The van der Waals surface area contributed by atoms with Gasteiger partial charge in [0.25, 0.3) is 5.69 Å². The molecule has 0 bridgehead atoms. The summed E-state index contributed by atoms with van der Waals surface area (Å²) in [6.45, 7) is 2.50. The Morgan fingerprint density at radius 3 is 2.79 bits per heavy atom. The fourth-order valence-electron chi connectivity index (χ4n) is 2.36. The molecule has 7 nitrogen and oxygen atoms in total. The Morgan fingerprint density at radius 2 is 2.07 bits per heavy atom. The molecule has 1 heterocycles. The SMILES string of the molecule is CCOc1ccc(NC(=O)CSc2nc(-c3cccc([N+](=O)[O-])c3)cs2)cc1. The van der Waals surface area contributed by atoms with Gasteiger partial charge in [0.1, 0.15) is 5.75 Å². The van der Waals surface area contributed by atoms with Crippen molar-refractivity contribution in [1.29, 1.82) is 0 Å². The number of aromatic nitrogens is 1. The Labute approximate surface area is 169 Å². The molecule has 0 radical (unpaired) electrons. The number of hydrogen-bond acceptors (Lipinski definition) is 7. The number of nitrogens with zero attached hydrogens (tertiary/aromatic N) is 2. The van der Waals surface area contributed by atoms with Gasteiger partial charge in [0.15, 0.2) is 4.34 Å². The molecule has 1 amide bonds. The first-order valence-corrected chi connectivity index (χ1v) is 10.3. The molecule has 0 saturated carbocycles. The van der Waals surface area contributed by atoms with Gasteiger partial charge in [-0.1, -0.05) is 23.9 Å². The Hall–Kier alpha value is -2.91. The second-order valence-corrected chi connectivity index (χ2v) is 7.68. The number of carbonyl (C=O) groups excluding carboxylic acids is 1. The largest absolute Gasteiger partial charge is 0.494 e. The molecule has 3 aromatic rings. The zero-order chi connectivity index (χ0) is 19.9. The van der Waals surface area contributed by atoms with Gasteiger partial charge in [-0.2, -0.15) is 0 Å². The maximum absolute atomic E-state index is 12.1. The number of thioether (sulfide) groups is 1. The van der Waals surface area contributed by atoms with Crippen LogP contribution in [0.1, 0.15) is 6.92 Å². The van der Waals surface area contributed by atoms with E-state index >= 15 is 0 Å². The van der Waals surface area contributed by atoms with Crippen LogP contribution in [0.25, 0.3) is 11.3 Å². The monoisotopic (exact) mass is 415 g/mol. The molecule has 9 heteroatoms. The molecular formula is C19H17N3O4S2. The molecule has 0 atom stereocenters. The van der Waals surface area contributed by atoms with Crippen molar-refractivity contribution in [3.63, 3.8) is 0 Å². The van der Waals surface area contributed by atoms with Gasteiger partial charge in [0.2, 0.25) is 5.91 Å². The van der Waals surface area contributed by atoms with Crippen LogP contribution >= 0.6 is 23.1 Å². The van der Waals surface area contributed by atoms with Crippen LogP contribution in [0, 0.1) is 10.1 Å². The van der Waals surface area contributed by atoms with E-state index in [1.165, 1.54) is 35.2 Å². The number of rotatable bonds is 8. The summed E-state index contributed by atoms with van der Waals surface area (Å²) in [5, 5.41) is 15.6. The molecule has 0 aliphatic rings. The summed E-state index contributed by atoms with van der Waals surface area (Å²) < 4.78 is 6.09. The van der Waals surface area contributed by atoms with Crippen molar-refractivity contribution >= 4 is 40.4 Å². The van der Waals surface area contributed by atoms with Crippen molar-refractivity contribution in [2.45, 2.75) is 11.3 Å². The summed E-state index contributed by atoms with van der Waals surface area (Å²) >= 11 is 2.72. The van der Waals surface area contributed by atoms with E-state index in [1.807, 2.05) is 12.3 Å². The van der Waals surface area contributed by atoms with Gasteiger partial charge in [-0.15, -0.1) is 11.3 Å². The predicted octanol–water partition coefficient (Wildman–Crippen LogP) is 4.85. The van der Waals surface area contributed by atoms with E-state index in [0.29, 0.717) is 23.6 Å². The molecule has 0 spiro atoms. The number of hydrogen-bond donors (Lipinski definition) is 1. The predicted molar refractivity (Wildman–Crippen MR) is 111 cm³/mol. The number of nitro benzene ring substituents is 1. The number of thiazole rings is 1. The van der Waals surface area contributed by atoms with Gasteiger partial charge in [-0.25, -0.2) is 4.98 Å². The van der Waals surface area contributed by atoms with E-state index in [9.17, 15) is 14.9 Å². The second-order valence-electron chi connectivity index (χ2n) is 5.60. The lowest BCUT2D eigenvalue weighted by Crippen LogP contribution is -2.13. The molecule has 1 N–H and O–H groups in total. The third-order valence-corrected chi connectivity index (χ3v) is 5.63. The lowest BCUT2D eigenvalue weighted by molar-refractivity contribution is -0.384. The number of nitro groups is 1. The third-order valence-electron chi connectivity index (χ3n) is 3.61. The Kier molecular flexibility index (Phi) is 6.62. The highest BCUT2D eigenvalue weighted by Crippen LogP contribution is 2.30. The van der Waals surface area contributed by atoms with Crippen LogP contribution in [0.5, 0.6) is 5.75 Å². The quantitative estimate of drug-likeness (QED) is 0.321. The first-order chi connectivity index (χ1) is 13.5. The van der Waals surface area contributed by atoms with Crippen LogP contribution in [0.3, 0.4) is 0 Å². The molecule has 28 heavy (non-hydrogen) atoms. The molecule has 0 saturated heterocycles. The molecular weight excluding hydrogens is 398 g/mol. The molecule has 0 fully saturated rings. The van der Waals surface area contributed by atoms with E-state index in [4.69, 9.17) is 4.74 Å². The fraction of sp³-hybridized carbons (Fsp3) is 0.158.